The average molecular weight is 254 g/mol. The van der Waals surface area contributed by atoms with Gasteiger partial charge in [0, 0.05) is 18.1 Å². The summed E-state index contributed by atoms with van der Waals surface area (Å²) in [6, 6.07) is 0.757. The molecule has 1 saturated carbocycles. The van der Waals surface area contributed by atoms with Crippen LogP contribution in [0.5, 0.6) is 0 Å². The van der Waals surface area contributed by atoms with E-state index in [0.717, 1.165) is 12.6 Å². The molecule has 0 amide bonds. The van der Waals surface area contributed by atoms with Crippen LogP contribution >= 0.6 is 0 Å². The van der Waals surface area contributed by atoms with E-state index in [1.54, 1.807) is 0 Å². The Hall–Kier alpha value is -0.0800. The molecule has 1 unspecified atom stereocenters. The minimum atomic E-state index is 0.176. The summed E-state index contributed by atoms with van der Waals surface area (Å²) >= 11 is 0. The second kappa shape index (κ2) is 6.38. The normalized spacial score (nSPS) is 22.2. The van der Waals surface area contributed by atoms with Crippen LogP contribution in [0.1, 0.15) is 72.6 Å². The van der Waals surface area contributed by atoms with E-state index in [9.17, 15) is 0 Å². The first-order valence-electron chi connectivity index (χ1n) is 7.71. The molecule has 1 atom stereocenters. The fourth-order valence-electron chi connectivity index (χ4n) is 2.98. The number of nitrogens with two attached hydrogens (primary N) is 1. The van der Waals surface area contributed by atoms with Gasteiger partial charge in [-0.15, -0.1) is 0 Å². The molecule has 0 spiro atoms. The Bertz CT molecular complexity index is 238. The van der Waals surface area contributed by atoms with Gasteiger partial charge in [0.2, 0.25) is 0 Å². The van der Waals surface area contributed by atoms with Crippen molar-refractivity contribution in [1.82, 2.24) is 4.90 Å². The molecule has 0 radical (unpaired) electrons. The maximum Gasteiger partial charge on any atom is 0.0303 e. The molecule has 18 heavy (non-hydrogen) atoms. The molecule has 2 nitrogen and oxygen atoms in total. The summed E-state index contributed by atoms with van der Waals surface area (Å²) in [5.74, 6) is 0. The van der Waals surface area contributed by atoms with Gasteiger partial charge in [0.1, 0.15) is 0 Å². The zero-order valence-electron chi connectivity index (χ0n) is 13.3. The molecule has 2 N–H and O–H groups in total. The zero-order chi connectivity index (χ0) is 13.8. The number of hydrogen-bond acceptors (Lipinski definition) is 2. The molecule has 0 saturated heterocycles. The van der Waals surface area contributed by atoms with Gasteiger partial charge in [-0.1, -0.05) is 40.0 Å². The molecule has 0 aromatic carbocycles. The molecule has 1 aliphatic carbocycles. The highest BCUT2D eigenvalue weighted by atomic mass is 15.2. The first kappa shape index (κ1) is 16.0. The van der Waals surface area contributed by atoms with E-state index in [1.165, 1.54) is 44.9 Å². The maximum absolute atomic E-state index is 6.10. The minimum Gasteiger partial charge on any atom is -0.329 e. The van der Waals surface area contributed by atoms with Crippen molar-refractivity contribution in [1.29, 1.82) is 0 Å². The molecule has 1 aliphatic rings. The molecule has 0 aromatic heterocycles. The fourth-order valence-corrected chi connectivity index (χ4v) is 2.98. The van der Waals surface area contributed by atoms with E-state index < -0.39 is 0 Å². The molecule has 0 aliphatic heterocycles. The van der Waals surface area contributed by atoms with Crippen molar-refractivity contribution in [3.05, 3.63) is 0 Å². The van der Waals surface area contributed by atoms with E-state index in [0.29, 0.717) is 5.41 Å². The van der Waals surface area contributed by atoms with E-state index in [1.807, 2.05) is 0 Å². The van der Waals surface area contributed by atoms with Gasteiger partial charge in [0.05, 0.1) is 0 Å². The highest BCUT2D eigenvalue weighted by Crippen LogP contribution is 2.32. The fraction of sp³-hybridized carbons (Fsp3) is 1.00. The summed E-state index contributed by atoms with van der Waals surface area (Å²) < 4.78 is 0. The SMILES string of the molecule is CN(C1CCCCC1)C(C)(CN)CCC(C)(C)C. The molecule has 2 heteroatoms. The standard InChI is InChI=1S/C16H34N2/c1-15(2,3)11-12-16(4,13-17)18(5)14-9-7-6-8-10-14/h14H,6-13,17H2,1-5H3. The third kappa shape index (κ3) is 4.55. The molecule has 0 bridgehead atoms. The lowest BCUT2D eigenvalue weighted by atomic mass is 9.81. The van der Waals surface area contributed by atoms with Gasteiger partial charge < -0.3 is 5.73 Å². The largest absolute Gasteiger partial charge is 0.329 e. The lowest BCUT2D eigenvalue weighted by Crippen LogP contribution is -2.54. The van der Waals surface area contributed by atoms with E-state index >= 15 is 0 Å². The van der Waals surface area contributed by atoms with Crippen molar-refractivity contribution in [3.8, 4) is 0 Å². The van der Waals surface area contributed by atoms with Crippen LogP contribution in [0.25, 0.3) is 0 Å². The summed E-state index contributed by atoms with van der Waals surface area (Å²) in [6.07, 6.45) is 9.40. The predicted molar refractivity (Wildman–Crippen MR) is 80.8 cm³/mol. The Morgan fingerprint density at radius 3 is 2.00 bits per heavy atom. The van der Waals surface area contributed by atoms with Gasteiger partial charge >= 0.3 is 0 Å². The van der Waals surface area contributed by atoms with E-state index in [-0.39, 0.29) is 5.54 Å². The first-order chi connectivity index (χ1) is 8.28. The van der Waals surface area contributed by atoms with Crippen LogP contribution in [0.2, 0.25) is 0 Å². The monoisotopic (exact) mass is 254 g/mol. The third-order valence-electron chi connectivity index (χ3n) is 4.83. The van der Waals surface area contributed by atoms with Gasteiger partial charge in [0.25, 0.3) is 0 Å². The van der Waals surface area contributed by atoms with E-state index in [4.69, 9.17) is 5.73 Å². The quantitative estimate of drug-likeness (QED) is 0.808. The van der Waals surface area contributed by atoms with E-state index in [2.05, 4.69) is 39.6 Å². The smallest absolute Gasteiger partial charge is 0.0303 e. The Labute approximate surface area is 114 Å². The summed E-state index contributed by atoms with van der Waals surface area (Å²) in [5.41, 5.74) is 6.68. The van der Waals surface area contributed by atoms with Crippen LogP contribution in [-0.4, -0.2) is 30.1 Å². The summed E-state index contributed by atoms with van der Waals surface area (Å²) in [5, 5.41) is 0. The minimum absolute atomic E-state index is 0.176. The Morgan fingerprint density at radius 1 is 1.00 bits per heavy atom. The van der Waals surface area contributed by atoms with Crippen LogP contribution in [-0.2, 0) is 0 Å². The molecular weight excluding hydrogens is 220 g/mol. The molecule has 108 valence electrons. The highest BCUT2D eigenvalue weighted by molar-refractivity contribution is 4.91. The maximum atomic E-state index is 6.10. The van der Waals surface area contributed by atoms with Gasteiger partial charge in [0.15, 0.2) is 0 Å². The Balaban J connectivity index is 2.60. The lowest BCUT2D eigenvalue weighted by molar-refractivity contribution is 0.0551. The third-order valence-corrected chi connectivity index (χ3v) is 4.83. The lowest BCUT2D eigenvalue weighted by Gasteiger charge is -2.45. The van der Waals surface area contributed by atoms with Gasteiger partial charge in [-0.3, -0.25) is 4.90 Å². The second-order valence-electron chi connectivity index (χ2n) is 7.66. The molecule has 1 fully saturated rings. The van der Waals surface area contributed by atoms with Crippen molar-refractivity contribution in [3.63, 3.8) is 0 Å². The van der Waals surface area contributed by atoms with Crippen LogP contribution in [0.4, 0.5) is 0 Å². The average Bonchev–Trinajstić information content (AvgIpc) is 2.35. The number of likely N-dealkylation sites (N-methyl/N-ethyl adjacent to an activating group) is 1. The van der Waals surface area contributed by atoms with Crippen molar-refractivity contribution in [2.24, 2.45) is 11.1 Å². The van der Waals surface area contributed by atoms with Crippen molar-refractivity contribution in [2.75, 3.05) is 13.6 Å². The van der Waals surface area contributed by atoms with Crippen molar-refractivity contribution >= 4 is 0 Å². The van der Waals surface area contributed by atoms with Crippen LogP contribution in [0.15, 0.2) is 0 Å². The van der Waals surface area contributed by atoms with Crippen molar-refractivity contribution < 1.29 is 0 Å². The van der Waals surface area contributed by atoms with Crippen LogP contribution in [0.3, 0.4) is 0 Å². The predicted octanol–water partition coefficient (Wildman–Crippen LogP) is 3.79. The number of hydrogen-bond donors (Lipinski definition) is 1. The molecule has 0 heterocycles. The molecule has 1 rings (SSSR count). The van der Waals surface area contributed by atoms with Crippen LogP contribution in [0, 0.1) is 5.41 Å². The van der Waals surface area contributed by atoms with Gasteiger partial charge in [-0.05, 0) is 45.1 Å². The zero-order valence-corrected chi connectivity index (χ0v) is 13.3. The second-order valence-corrected chi connectivity index (χ2v) is 7.66. The van der Waals surface area contributed by atoms with Gasteiger partial charge in [-0.25, -0.2) is 0 Å². The summed E-state index contributed by atoms with van der Waals surface area (Å²) in [7, 11) is 2.30. The first-order valence-corrected chi connectivity index (χ1v) is 7.71. The topological polar surface area (TPSA) is 29.3 Å². The Morgan fingerprint density at radius 2 is 1.56 bits per heavy atom. The van der Waals surface area contributed by atoms with Crippen molar-refractivity contribution in [2.45, 2.75) is 84.2 Å². The van der Waals surface area contributed by atoms with Gasteiger partial charge in [-0.2, -0.15) is 0 Å². The number of rotatable bonds is 5. The van der Waals surface area contributed by atoms with Crippen LogP contribution < -0.4 is 5.73 Å². The summed E-state index contributed by atoms with van der Waals surface area (Å²) in [6.45, 7) is 10.1. The molecule has 0 aromatic rings. The Kier molecular flexibility index (Phi) is 5.67. The molecular formula is C16H34N2. The number of nitrogens with zero attached hydrogens (tertiary/aromatic N) is 1. The summed E-state index contributed by atoms with van der Waals surface area (Å²) in [4.78, 5) is 2.60. The highest BCUT2D eigenvalue weighted by Gasteiger charge is 2.33.